The van der Waals surface area contributed by atoms with E-state index in [9.17, 15) is 4.79 Å². The van der Waals surface area contributed by atoms with E-state index >= 15 is 0 Å². The van der Waals surface area contributed by atoms with Crippen LogP contribution in [0.25, 0.3) is 0 Å². The number of aromatic carboxylic acids is 1. The summed E-state index contributed by atoms with van der Waals surface area (Å²) in [6.07, 6.45) is 0. The zero-order valence-electron chi connectivity index (χ0n) is 10.1. The van der Waals surface area contributed by atoms with Gasteiger partial charge in [0.05, 0.1) is 0 Å². The van der Waals surface area contributed by atoms with Gasteiger partial charge in [0, 0.05) is 6.07 Å². The Hall–Kier alpha value is -2.30. The number of benzene rings is 1. The molecule has 1 N–H and O–H groups in total. The van der Waals surface area contributed by atoms with E-state index in [0.717, 1.165) is 16.9 Å². The number of hydrogen-bond donors (Lipinski definition) is 1. The first kappa shape index (κ1) is 12.2. The number of aryl methyl sites for hydroxylation is 2. The Morgan fingerprint density at radius 2 is 2.17 bits per heavy atom. The van der Waals surface area contributed by atoms with E-state index in [4.69, 9.17) is 14.4 Å². The van der Waals surface area contributed by atoms with Gasteiger partial charge in [-0.3, -0.25) is 0 Å². The monoisotopic (exact) mass is 247 g/mol. The van der Waals surface area contributed by atoms with Gasteiger partial charge in [-0.05, 0) is 31.0 Å². The molecule has 0 aliphatic rings. The van der Waals surface area contributed by atoms with Crippen molar-refractivity contribution in [3.8, 4) is 5.75 Å². The minimum atomic E-state index is -1.11. The van der Waals surface area contributed by atoms with Gasteiger partial charge in [-0.2, -0.15) is 0 Å². The number of carboxylic acid groups (broad SMARTS) is 1. The number of hydrogen-bond acceptors (Lipinski definition) is 4. The van der Waals surface area contributed by atoms with Crippen molar-refractivity contribution >= 4 is 5.97 Å². The van der Waals surface area contributed by atoms with E-state index < -0.39 is 5.97 Å². The van der Waals surface area contributed by atoms with Crippen molar-refractivity contribution in [3.05, 3.63) is 46.8 Å². The lowest BCUT2D eigenvalue weighted by Crippen LogP contribution is -1.97. The number of carbonyl (C=O) groups is 1. The van der Waals surface area contributed by atoms with Crippen molar-refractivity contribution in [1.82, 2.24) is 5.16 Å². The molecule has 2 aromatic rings. The van der Waals surface area contributed by atoms with Gasteiger partial charge >= 0.3 is 5.97 Å². The summed E-state index contributed by atoms with van der Waals surface area (Å²) in [7, 11) is 0. The quantitative estimate of drug-likeness (QED) is 0.898. The first-order valence-electron chi connectivity index (χ1n) is 5.45. The summed E-state index contributed by atoms with van der Waals surface area (Å²) in [6.45, 7) is 4.08. The second-order valence-corrected chi connectivity index (χ2v) is 4.04. The largest absolute Gasteiger partial charge is 0.485 e. The molecule has 0 aliphatic carbocycles. The van der Waals surface area contributed by atoms with Gasteiger partial charge in [0.2, 0.25) is 0 Å². The Morgan fingerprint density at radius 3 is 2.83 bits per heavy atom. The third-order valence-corrected chi connectivity index (χ3v) is 2.49. The van der Waals surface area contributed by atoms with Crippen LogP contribution in [0.15, 0.2) is 28.8 Å². The van der Waals surface area contributed by atoms with Crippen LogP contribution in [0.5, 0.6) is 5.75 Å². The van der Waals surface area contributed by atoms with Crippen LogP contribution in [0.3, 0.4) is 0 Å². The molecule has 5 nitrogen and oxygen atoms in total. The molecular weight excluding hydrogens is 234 g/mol. The van der Waals surface area contributed by atoms with Crippen LogP contribution in [-0.2, 0) is 6.61 Å². The van der Waals surface area contributed by atoms with Crippen molar-refractivity contribution in [2.75, 3.05) is 0 Å². The molecule has 0 fully saturated rings. The molecule has 0 saturated heterocycles. The van der Waals surface area contributed by atoms with Crippen LogP contribution in [0.2, 0.25) is 0 Å². The van der Waals surface area contributed by atoms with Crippen molar-refractivity contribution in [3.63, 3.8) is 0 Å². The Labute approximate surface area is 104 Å². The first-order valence-corrected chi connectivity index (χ1v) is 5.45. The van der Waals surface area contributed by atoms with E-state index in [1.807, 2.05) is 32.0 Å². The summed E-state index contributed by atoms with van der Waals surface area (Å²) in [5, 5.41) is 12.1. The molecule has 5 heteroatoms. The minimum absolute atomic E-state index is 0.116. The minimum Gasteiger partial charge on any atom is -0.485 e. The van der Waals surface area contributed by atoms with Gasteiger partial charge in [0.25, 0.3) is 0 Å². The molecule has 1 aromatic heterocycles. The number of ether oxygens (including phenoxy) is 1. The topological polar surface area (TPSA) is 72.6 Å². The highest BCUT2D eigenvalue weighted by atomic mass is 16.5. The van der Waals surface area contributed by atoms with E-state index in [-0.39, 0.29) is 12.3 Å². The molecule has 0 aliphatic heterocycles. The normalized spacial score (nSPS) is 10.3. The molecule has 1 heterocycles. The lowest BCUT2D eigenvalue weighted by atomic mass is 10.1. The fourth-order valence-corrected chi connectivity index (χ4v) is 1.49. The lowest BCUT2D eigenvalue weighted by Gasteiger charge is -2.07. The van der Waals surface area contributed by atoms with Crippen molar-refractivity contribution in [2.24, 2.45) is 0 Å². The molecule has 18 heavy (non-hydrogen) atoms. The Morgan fingerprint density at radius 1 is 1.39 bits per heavy atom. The maximum Gasteiger partial charge on any atom is 0.358 e. The van der Waals surface area contributed by atoms with Crippen molar-refractivity contribution in [1.29, 1.82) is 0 Å². The third kappa shape index (κ3) is 2.68. The lowest BCUT2D eigenvalue weighted by molar-refractivity contribution is 0.0685. The zero-order chi connectivity index (χ0) is 13.1. The van der Waals surface area contributed by atoms with Crippen LogP contribution >= 0.6 is 0 Å². The maximum absolute atomic E-state index is 10.6. The summed E-state index contributed by atoms with van der Waals surface area (Å²) in [6, 6.07) is 7.24. The predicted molar refractivity (Wildman–Crippen MR) is 63.7 cm³/mol. The fraction of sp³-hybridized carbons (Fsp3) is 0.231. The molecular formula is C13H13NO4. The zero-order valence-corrected chi connectivity index (χ0v) is 10.1. The average molecular weight is 247 g/mol. The molecule has 1 aromatic carbocycles. The van der Waals surface area contributed by atoms with Crippen molar-refractivity contribution < 1.29 is 19.2 Å². The van der Waals surface area contributed by atoms with Crippen LogP contribution in [0.4, 0.5) is 0 Å². The Kier molecular flexibility index (Phi) is 3.32. The molecule has 0 amide bonds. The van der Waals surface area contributed by atoms with Gasteiger partial charge in [0.15, 0.2) is 11.5 Å². The van der Waals surface area contributed by atoms with E-state index in [2.05, 4.69) is 5.16 Å². The summed E-state index contributed by atoms with van der Waals surface area (Å²) >= 11 is 0. The van der Waals surface area contributed by atoms with Crippen LogP contribution in [0, 0.1) is 13.8 Å². The molecule has 0 bridgehead atoms. The van der Waals surface area contributed by atoms with Crippen LogP contribution < -0.4 is 4.74 Å². The summed E-state index contributed by atoms with van der Waals surface area (Å²) in [4.78, 5) is 10.6. The highest BCUT2D eigenvalue weighted by molar-refractivity contribution is 5.85. The predicted octanol–water partition coefficient (Wildman–Crippen LogP) is 2.57. The van der Waals surface area contributed by atoms with Gasteiger partial charge < -0.3 is 14.4 Å². The van der Waals surface area contributed by atoms with Gasteiger partial charge in [-0.25, -0.2) is 4.79 Å². The van der Waals surface area contributed by atoms with Crippen LogP contribution in [0.1, 0.15) is 27.4 Å². The number of nitrogens with zero attached hydrogens (tertiary/aromatic N) is 1. The summed E-state index contributed by atoms with van der Waals surface area (Å²) in [5.41, 5.74) is 1.99. The Balaban J connectivity index is 2.06. The molecule has 0 spiro atoms. The van der Waals surface area contributed by atoms with Crippen molar-refractivity contribution in [2.45, 2.75) is 20.5 Å². The average Bonchev–Trinajstić information content (AvgIpc) is 2.79. The SMILES string of the molecule is Cc1ccc(C)c(OCc2cc(C(=O)O)no2)c1. The standard InChI is InChI=1S/C13H13NO4/c1-8-3-4-9(2)12(5-8)17-7-10-6-11(13(15)16)14-18-10/h3-6H,7H2,1-2H3,(H,15,16). The third-order valence-electron chi connectivity index (χ3n) is 2.49. The molecule has 0 radical (unpaired) electrons. The molecule has 94 valence electrons. The van der Waals surface area contributed by atoms with Crippen LogP contribution in [-0.4, -0.2) is 16.2 Å². The molecule has 0 unspecified atom stereocenters. The van der Waals surface area contributed by atoms with Gasteiger partial charge in [-0.15, -0.1) is 0 Å². The second kappa shape index (κ2) is 4.91. The number of carboxylic acids is 1. The van der Waals surface area contributed by atoms with E-state index in [1.165, 1.54) is 6.07 Å². The number of aromatic nitrogens is 1. The fourth-order valence-electron chi connectivity index (χ4n) is 1.49. The number of rotatable bonds is 4. The van der Waals surface area contributed by atoms with Gasteiger partial charge in [-0.1, -0.05) is 17.3 Å². The molecule has 2 rings (SSSR count). The van der Waals surface area contributed by atoms with E-state index in [1.54, 1.807) is 0 Å². The summed E-state index contributed by atoms with van der Waals surface area (Å²) < 4.78 is 10.4. The summed E-state index contributed by atoms with van der Waals surface area (Å²) in [5.74, 6) is 0.0216. The molecule has 0 atom stereocenters. The Bertz CT molecular complexity index is 574. The second-order valence-electron chi connectivity index (χ2n) is 4.04. The highest BCUT2D eigenvalue weighted by Crippen LogP contribution is 2.20. The molecule has 0 saturated carbocycles. The van der Waals surface area contributed by atoms with Gasteiger partial charge in [0.1, 0.15) is 12.4 Å². The smallest absolute Gasteiger partial charge is 0.358 e. The first-order chi connectivity index (χ1) is 8.56. The highest BCUT2D eigenvalue weighted by Gasteiger charge is 2.11. The maximum atomic E-state index is 10.6. The van der Waals surface area contributed by atoms with E-state index in [0.29, 0.717) is 5.76 Å².